The van der Waals surface area contributed by atoms with Gasteiger partial charge in [-0.2, -0.15) is 0 Å². The number of nitrogens with one attached hydrogen (secondary N) is 1. The highest BCUT2D eigenvalue weighted by atomic mass is 127. The third-order valence-electron chi connectivity index (χ3n) is 5.05. The summed E-state index contributed by atoms with van der Waals surface area (Å²) >= 11 is 0. The molecular weight excluding hydrogens is 463 g/mol. The summed E-state index contributed by atoms with van der Waals surface area (Å²) in [6, 6.07) is 4.62. The molecule has 1 aliphatic heterocycles. The van der Waals surface area contributed by atoms with Gasteiger partial charge >= 0.3 is 0 Å². The predicted molar refractivity (Wildman–Crippen MR) is 113 cm³/mol. The molecule has 2 heterocycles. The van der Waals surface area contributed by atoms with Gasteiger partial charge in [-0.25, -0.2) is 13.8 Å². The molecule has 1 N–H and O–H groups in total. The number of piperidine rings is 1. The van der Waals surface area contributed by atoms with Gasteiger partial charge in [-0.05, 0) is 30.4 Å². The van der Waals surface area contributed by atoms with Crippen LogP contribution in [0.5, 0.6) is 0 Å². The Bertz CT molecular complexity index is 751. The molecular formula is C19H26F2IN5. The molecule has 1 aliphatic rings. The zero-order chi connectivity index (χ0) is 18.5. The van der Waals surface area contributed by atoms with E-state index in [1.54, 1.807) is 19.3 Å². The van der Waals surface area contributed by atoms with Gasteiger partial charge in [0.15, 0.2) is 17.6 Å². The maximum absolute atomic E-state index is 13.8. The Morgan fingerprint density at radius 3 is 2.89 bits per heavy atom. The smallest absolute Gasteiger partial charge is 0.193 e. The molecule has 1 aromatic carbocycles. The molecule has 0 amide bonds. The van der Waals surface area contributed by atoms with Gasteiger partial charge in [0, 0.05) is 39.1 Å². The number of hydrogen-bond acceptors (Lipinski definition) is 2. The fourth-order valence-electron chi connectivity index (χ4n) is 3.48. The summed E-state index contributed by atoms with van der Waals surface area (Å²) in [6.07, 6.45) is 7.10. The van der Waals surface area contributed by atoms with E-state index >= 15 is 0 Å². The summed E-state index contributed by atoms with van der Waals surface area (Å²) in [5.74, 6) is -0.227. The van der Waals surface area contributed by atoms with Crippen LogP contribution >= 0.6 is 24.0 Å². The molecule has 3 rings (SSSR count). The summed E-state index contributed by atoms with van der Waals surface area (Å²) in [6.45, 7) is 4.51. The molecule has 27 heavy (non-hydrogen) atoms. The molecule has 1 saturated heterocycles. The second-order valence-corrected chi connectivity index (χ2v) is 6.73. The zero-order valence-electron chi connectivity index (χ0n) is 15.6. The van der Waals surface area contributed by atoms with Crippen molar-refractivity contribution in [2.75, 3.05) is 26.7 Å². The van der Waals surface area contributed by atoms with Crippen LogP contribution < -0.4 is 5.32 Å². The first kappa shape index (κ1) is 21.6. The SMILES string of the molecule is CN=C(NCCc1cccc(F)c1F)N1CCC(C)C(n2ccnc2)C1.I. The molecule has 2 unspecified atom stereocenters. The summed E-state index contributed by atoms with van der Waals surface area (Å²) in [5.41, 5.74) is 0.372. The van der Waals surface area contributed by atoms with Crippen LogP contribution in [0.2, 0.25) is 0 Å². The molecule has 0 saturated carbocycles. The third-order valence-corrected chi connectivity index (χ3v) is 5.05. The topological polar surface area (TPSA) is 45.5 Å². The van der Waals surface area contributed by atoms with E-state index in [2.05, 4.69) is 31.7 Å². The van der Waals surface area contributed by atoms with Crippen molar-refractivity contribution >= 4 is 29.9 Å². The highest BCUT2D eigenvalue weighted by Gasteiger charge is 2.28. The Balaban J connectivity index is 0.00000261. The first-order valence-corrected chi connectivity index (χ1v) is 8.96. The van der Waals surface area contributed by atoms with Crippen molar-refractivity contribution < 1.29 is 8.78 Å². The number of hydrogen-bond donors (Lipinski definition) is 1. The molecule has 5 nitrogen and oxygen atoms in total. The minimum atomic E-state index is -0.805. The van der Waals surface area contributed by atoms with E-state index in [0.29, 0.717) is 30.5 Å². The van der Waals surface area contributed by atoms with Crippen molar-refractivity contribution in [1.82, 2.24) is 19.8 Å². The van der Waals surface area contributed by atoms with E-state index in [1.807, 2.05) is 12.5 Å². The summed E-state index contributed by atoms with van der Waals surface area (Å²) in [4.78, 5) is 10.7. The minimum absolute atomic E-state index is 0. The normalized spacial score (nSPS) is 20.3. The Kier molecular flexibility index (Phi) is 8.00. The fourth-order valence-corrected chi connectivity index (χ4v) is 3.48. The van der Waals surface area contributed by atoms with E-state index in [0.717, 1.165) is 31.5 Å². The Hall–Kier alpha value is -1.71. The Labute approximate surface area is 175 Å². The average molecular weight is 489 g/mol. The molecule has 0 aliphatic carbocycles. The molecule has 1 fully saturated rings. The highest BCUT2D eigenvalue weighted by Crippen LogP contribution is 2.27. The lowest BCUT2D eigenvalue weighted by atomic mass is 9.93. The molecule has 2 aromatic rings. The third kappa shape index (κ3) is 5.18. The quantitative estimate of drug-likeness (QED) is 0.407. The van der Waals surface area contributed by atoms with E-state index in [9.17, 15) is 8.78 Å². The summed E-state index contributed by atoms with van der Waals surface area (Å²) < 4.78 is 29.2. The van der Waals surface area contributed by atoms with Crippen LogP contribution in [0.1, 0.15) is 24.9 Å². The van der Waals surface area contributed by atoms with E-state index in [-0.39, 0.29) is 24.0 Å². The fraction of sp³-hybridized carbons (Fsp3) is 0.474. The number of nitrogens with zero attached hydrogens (tertiary/aromatic N) is 4. The highest BCUT2D eigenvalue weighted by molar-refractivity contribution is 14.0. The average Bonchev–Trinajstić information content (AvgIpc) is 3.17. The molecule has 1 aromatic heterocycles. The monoisotopic (exact) mass is 489 g/mol. The number of aliphatic imine (C=N–C) groups is 1. The molecule has 148 valence electrons. The molecule has 8 heteroatoms. The zero-order valence-corrected chi connectivity index (χ0v) is 17.9. The van der Waals surface area contributed by atoms with Crippen LogP contribution in [-0.4, -0.2) is 47.1 Å². The van der Waals surface area contributed by atoms with Gasteiger partial charge in [0.1, 0.15) is 0 Å². The second kappa shape index (κ2) is 10.0. The van der Waals surface area contributed by atoms with Gasteiger partial charge in [0.25, 0.3) is 0 Å². The number of benzene rings is 1. The number of likely N-dealkylation sites (tertiary alicyclic amines) is 1. The lowest BCUT2D eigenvalue weighted by Crippen LogP contribution is -2.49. The van der Waals surface area contributed by atoms with E-state index in [1.165, 1.54) is 6.07 Å². The van der Waals surface area contributed by atoms with Crippen molar-refractivity contribution in [3.63, 3.8) is 0 Å². The van der Waals surface area contributed by atoms with Crippen molar-refractivity contribution in [3.05, 3.63) is 54.1 Å². The number of aromatic nitrogens is 2. The predicted octanol–water partition coefficient (Wildman–Crippen LogP) is 3.48. The largest absolute Gasteiger partial charge is 0.356 e. The van der Waals surface area contributed by atoms with Crippen LogP contribution in [0.15, 0.2) is 41.9 Å². The van der Waals surface area contributed by atoms with Crippen LogP contribution in [0.4, 0.5) is 8.78 Å². The van der Waals surface area contributed by atoms with Gasteiger partial charge in [0.2, 0.25) is 0 Å². The van der Waals surface area contributed by atoms with Gasteiger partial charge in [-0.15, -0.1) is 24.0 Å². The van der Waals surface area contributed by atoms with Crippen molar-refractivity contribution in [2.45, 2.75) is 25.8 Å². The Morgan fingerprint density at radius 1 is 1.37 bits per heavy atom. The lowest BCUT2D eigenvalue weighted by molar-refractivity contribution is 0.189. The summed E-state index contributed by atoms with van der Waals surface area (Å²) in [5, 5.41) is 3.28. The number of rotatable bonds is 4. The molecule has 2 atom stereocenters. The summed E-state index contributed by atoms with van der Waals surface area (Å²) in [7, 11) is 1.75. The van der Waals surface area contributed by atoms with Crippen LogP contribution in [0.25, 0.3) is 0 Å². The maximum atomic E-state index is 13.8. The van der Waals surface area contributed by atoms with Crippen molar-refractivity contribution in [2.24, 2.45) is 10.9 Å². The van der Waals surface area contributed by atoms with Gasteiger partial charge in [-0.3, -0.25) is 4.99 Å². The molecule has 0 bridgehead atoms. The number of guanidine groups is 1. The van der Waals surface area contributed by atoms with Gasteiger partial charge in [0.05, 0.1) is 12.4 Å². The van der Waals surface area contributed by atoms with Crippen molar-refractivity contribution in [3.8, 4) is 0 Å². The van der Waals surface area contributed by atoms with E-state index < -0.39 is 11.6 Å². The second-order valence-electron chi connectivity index (χ2n) is 6.73. The standard InChI is InChI=1S/C19H25F2N5.HI/c1-14-7-10-25(12-17(14)26-11-9-23-13-26)19(22-2)24-8-6-15-4-3-5-16(20)18(15)21;/h3-5,9,11,13-14,17H,6-8,10,12H2,1-2H3,(H,22,24);1H. The van der Waals surface area contributed by atoms with Crippen LogP contribution in [-0.2, 0) is 6.42 Å². The van der Waals surface area contributed by atoms with Gasteiger partial charge in [-0.1, -0.05) is 19.1 Å². The van der Waals surface area contributed by atoms with E-state index in [4.69, 9.17) is 0 Å². The molecule has 0 spiro atoms. The first-order chi connectivity index (χ1) is 12.6. The maximum Gasteiger partial charge on any atom is 0.193 e. The first-order valence-electron chi connectivity index (χ1n) is 8.96. The van der Waals surface area contributed by atoms with Gasteiger partial charge < -0.3 is 14.8 Å². The minimum Gasteiger partial charge on any atom is -0.356 e. The van der Waals surface area contributed by atoms with Crippen LogP contribution in [0, 0.1) is 17.6 Å². The number of halogens is 3. The Morgan fingerprint density at radius 2 is 2.19 bits per heavy atom. The van der Waals surface area contributed by atoms with Crippen LogP contribution in [0.3, 0.4) is 0 Å². The lowest BCUT2D eigenvalue weighted by Gasteiger charge is -2.39. The number of imidazole rings is 1. The molecule has 0 radical (unpaired) electrons. The van der Waals surface area contributed by atoms with Crippen molar-refractivity contribution in [1.29, 1.82) is 0 Å².